The first-order valence-corrected chi connectivity index (χ1v) is 7.14. The minimum absolute atomic E-state index is 0.153. The lowest BCUT2D eigenvalue weighted by Crippen LogP contribution is -2.38. The third kappa shape index (κ3) is 1.91. The van der Waals surface area contributed by atoms with Crippen LogP contribution in [-0.4, -0.2) is 57.2 Å². The normalized spacial score (nSPS) is 27.1. The zero-order chi connectivity index (χ0) is 15.2. The lowest BCUT2D eigenvalue weighted by Gasteiger charge is -2.22. The SMILES string of the molecule is Cc1noc([C@@]23COC[C@@H]2CN(C(=O)c2ncccn2)C3)n1. The van der Waals surface area contributed by atoms with Gasteiger partial charge in [0.2, 0.25) is 11.7 Å². The van der Waals surface area contributed by atoms with Crippen molar-refractivity contribution < 1.29 is 14.1 Å². The molecule has 0 aromatic carbocycles. The summed E-state index contributed by atoms with van der Waals surface area (Å²) >= 11 is 0. The molecule has 2 atom stereocenters. The molecule has 2 fully saturated rings. The lowest BCUT2D eigenvalue weighted by atomic mass is 9.81. The first kappa shape index (κ1) is 13.3. The molecule has 1 amide bonds. The summed E-state index contributed by atoms with van der Waals surface area (Å²) in [6.07, 6.45) is 3.13. The number of likely N-dealkylation sites (tertiary alicyclic amines) is 1. The molecule has 2 aliphatic heterocycles. The Morgan fingerprint density at radius 1 is 1.41 bits per heavy atom. The van der Waals surface area contributed by atoms with Crippen molar-refractivity contribution in [2.45, 2.75) is 12.3 Å². The Kier molecular flexibility index (Phi) is 2.93. The number of nitrogens with zero attached hydrogens (tertiary/aromatic N) is 5. The standard InChI is InChI=1S/C14H15N5O3/c1-9-17-13(22-18-9)14-7-19(5-10(14)6-21-8-14)12(20)11-15-3-2-4-16-11/h2-4,10H,5-8H2,1H3/t10-,14-/m0/s1. The average Bonchev–Trinajstić information content (AvgIpc) is 3.20. The number of carbonyl (C=O) groups is 1. The summed E-state index contributed by atoms with van der Waals surface area (Å²) in [5.41, 5.74) is -0.411. The van der Waals surface area contributed by atoms with Crippen LogP contribution < -0.4 is 0 Å². The fourth-order valence-corrected chi connectivity index (χ4v) is 3.24. The third-order valence-electron chi connectivity index (χ3n) is 4.37. The summed E-state index contributed by atoms with van der Waals surface area (Å²) in [7, 11) is 0. The molecule has 0 saturated carbocycles. The zero-order valence-corrected chi connectivity index (χ0v) is 12.1. The molecule has 0 bridgehead atoms. The van der Waals surface area contributed by atoms with Crippen molar-refractivity contribution in [3.8, 4) is 0 Å². The second-order valence-corrected chi connectivity index (χ2v) is 5.77. The van der Waals surface area contributed by atoms with E-state index in [2.05, 4.69) is 20.1 Å². The van der Waals surface area contributed by atoms with Crippen LogP contribution in [0.25, 0.3) is 0 Å². The van der Waals surface area contributed by atoms with Gasteiger partial charge in [0, 0.05) is 31.4 Å². The number of carbonyl (C=O) groups excluding carboxylic acids is 1. The highest BCUT2D eigenvalue weighted by atomic mass is 16.5. The molecule has 22 heavy (non-hydrogen) atoms. The lowest BCUT2D eigenvalue weighted by molar-refractivity contribution is 0.0724. The molecule has 0 radical (unpaired) electrons. The Hall–Kier alpha value is -2.35. The number of hydrogen-bond donors (Lipinski definition) is 0. The molecule has 8 heteroatoms. The van der Waals surface area contributed by atoms with E-state index >= 15 is 0 Å². The molecule has 2 aliphatic rings. The van der Waals surface area contributed by atoms with Gasteiger partial charge in [-0.2, -0.15) is 4.98 Å². The molecule has 0 aliphatic carbocycles. The van der Waals surface area contributed by atoms with Gasteiger partial charge >= 0.3 is 0 Å². The van der Waals surface area contributed by atoms with Crippen molar-refractivity contribution in [3.05, 3.63) is 36.0 Å². The van der Waals surface area contributed by atoms with Crippen molar-refractivity contribution >= 4 is 5.91 Å². The van der Waals surface area contributed by atoms with Crippen LogP contribution in [0.15, 0.2) is 23.0 Å². The van der Waals surface area contributed by atoms with E-state index in [4.69, 9.17) is 9.26 Å². The molecule has 4 heterocycles. The van der Waals surface area contributed by atoms with E-state index in [1.54, 1.807) is 30.3 Å². The highest BCUT2D eigenvalue weighted by Crippen LogP contribution is 2.43. The number of rotatable bonds is 2. The van der Waals surface area contributed by atoms with E-state index in [0.29, 0.717) is 38.0 Å². The van der Waals surface area contributed by atoms with E-state index in [0.717, 1.165) is 0 Å². The van der Waals surface area contributed by atoms with Crippen LogP contribution in [-0.2, 0) is 10.2 Å². The van der Waals surface area contributed by atoms with Gasteiger partial charge in [-0.3, -0.25) is 4.79 Å². The molecule has 0 N–H and O–H groups in total. The molecule has 2 aromatic rings. The van der Waals surface area contributed by atoms with Gasteiger partial charge in [-0.1, -0.05) is 5.16 Å². The van der Waals surface area contributed by atoms with E-state index in [1.165, 1.54) is 0 Å². The Morgan fingerprint density at radius 2 is 2.23 bits per heavy atom. The number of ether oxygens (including phenoxy) is 1. The number of amides is 1. The van der Waals surface area contributed by atoms with Gasteiger partial charge in [-0.15, -0.1) is 0 Å². The molecule has 0 spiro atoms. The third-order valence-corrected chi connectivity index (χ3v) is 4.37. The van der Waals surface area contributed by atoms with E-state index < -0.39 is 5.41 Å². The maximum atomic E-state index is 12.6. The Bertz CT molecular complexity index is 704. The first-order valence-electron chi connectivity index (χ1n) is 7.14. The summed E-state index contributed by atoms with van der Waals surface area (Å²) in [6, 6.07) is 1.69. The van der Waals surface area contributed by atoms with Crippen LogP contribution in [0.2, 0.25) is 0 Å². The molecule has 2 saturated heterocycles. The first-order chi connectivity index (χ1) is 10.7. The van der Waals surface area contributed by atoms with Gasteiger partial charge in [0.15, 0.2) is 5.82 Å². The summed E-state index contributed by atoms with van der Waals surface area (Å²) in [6.45, 7) is 3.92. The van der Waals surface area contributed by atoms with Crippen molar-refractivity contribution in [1.29, 1.82) is 0 Å². The van der Waals surface area contributed by atoms with Crippen molar-refractivity contribution in [1.82, 2.24) is 25.0 Å². The topological polar surface area (TPSA) is 94.2 Å². The van der Waals surface area contributed by atoms with Gasteiger partial charge in [0.1, 0.15) is 0 Å². The summed E-state index contributed by atoms with van der Waals surface area (Å²) in [4.78, 5) is 26.7. The molecule has 2 aromatic heterocycles. The highest BCUT2D eigenvalue weighted by molar-refractivity contribution is 5.90. The van der Waals surface area contributed by atoms with E-state index in [-0.39, 0.29) is 17.6 Å². The van der Waals surface area contributed by atoms with Gasteiger partial charge in [-0.25, -0.2) is 9.97 Å². The highest BCUT2D eigenvalue weighted by Gasteiger charge is 2.56. The van der Waals surface area contributed by atoms with Crippen LogP contribution >= 0.6 is 0 Å². The quantitative estimate of drug-likeness (QED) is 0.782. The smallest absolute Gasteiger partial charge is 0.291 e. The zero-order valence-electron chi connectivity index (χ0n) is 12.1. The monoisotopic (exact) mass is 301 g/mol. The average molecular weight is 301 g/mol. The van der Waals surface area contributed by atoms with Gasteiger partial charge in [0.25, 0.3) is 5.91 Å². The van der Waals surface area contributed by atoms with Crippen LogP contribution in [0, 0.1) is 12.8 Å². The largest absolute Gasteiger partial charge is 0.380 e. The molecular weight excluding hydrogens is 286 g/mol. The van der Waals surface area contributed by atoms with Gasteiger partial charge < -0.3 is 14.2 Å². The van der Waals surface area contributed by atoms with Crippen molar-refractivity contribution in [2.75, 3.05) is 26.3 Å². The van der Waals surface area contributed by atoms with Gasteiger partial charge in [0.05, 0.1) is 18.6 Å². The maximum absolute atomic E-state index is 12.6. The van der Waals surface area contributed by atoms with Crippen LogP contribution in [0.1, 0.15) is 22.3 Å². The Labute approximate surface area is 126 Å². The summed E-state index contributed by atoms with van der Waals surface area (Å²) in [5, 5.41) is 3.87. The van der Waals surface area contributed by atoms with E-state index in [9.17, 15) is 4.79 Å². The fourth-order valence-electron chi connectivity index (χ4n) is 3.24. The molecule has 8 nitrogen and oxygen atoms in total. The summed E-state index contributed by atoms with van der Waals surface area (Å²) in [5.74, 6) is 1.33. The molecule has 4 rings (SSSR count). The molecular formula is C14H15N5O3. The number of hydrogen-bond acceptors (Lipinski definition) is 7. The molecule has 114 valence electrons. The predicted octanol–water partition coefficient (Wildman–Crippen LogP) is 0.208. The number of aryl methyl sites for hydroxylation is 1. The minimum atomic E-state index is -0.411. The van der Waals surface area contributed by atoms with Crippen LogP contribution in [0.3, 0.4) is 0 Å². The number of aromatic nitrogens is 4. The molecule has 0 unspecified atom stereocenters. The summed E-state index contributed by atoms with van der Waals surface area (Å²) < 4.78 is 11.0. The maximum Gasteiger partial charge on any atom is 0.291 e. The Morgan fingerprint density at radius 3 is 2.95 bits per heavy atom. The second kappa shape index (κ2) is 4.84. The van der Waals surface area contributed by atoms with E-state index in [1.807, 2.05) is 0 Å². The van der Waals surface area contributed by atoms with Crippen molar-refractivity contribution in [3.63, 3.8) is 0 Å². The Balaban J connectivity index is 1.64. The van der Waals surface area contributed by atoms with Gasteiger partial charge in [-0.05, 0) is 13.0 Å². The fraction of sp³-hybridized carbons (Fsp3) is 0.500. The van der Waals surface area contributed by atoms with Crippen LogP contribution in [0.4, 0.5) is 0 Å². The minimum Gasteiger partial charge on any atom is -0.380 e. The van der Waals surface area contributed by atoms with Crippen molar-refractivity contribution in [2.24, 2.45) is 5.92 Å². The second-order valence-electron chi connectivity index (χ2n) is 5.77. The predicted molar refractivity (Wildman–Crippen MR) is 73.0 cm³/mol. The van der Waals surface area contributed by atoms with Crippen LogP contribution in [0.5, 0.6) is 0 Å². The number of fused-ring (bicyclic) bond motifs is 1.